The maximum absolute atomic E-state index is 9.80. The maximum Gasteiger partial charge on any atom is 0.111 e. The van der Waals surface area contributed by atoms with Crippen LogP contribution in [0.25, 0.3) is 0 Å². The van der Waals surface area contributed by atoms with E-state index in [9.17, 15) is 15.3 Å². The molecular weight excluding hydrogens is 256 g/mol. The summed E-state index contributed by atoms with van der Waals surface area (Å²) in [5.74, 6) is 0.875. The first-order valence-electron chi connectivity index (χ1n) is 6.53. The van der Waals surface area contributed by atoms with Crippen LogP contribution in [-0.4, -0.2) is 63.3 Å². The normalized spacial score (nSPS) is 36.8. The predicted octanol–water partition coefficient (Wildman–Crippen LogP) is -0.291. The van der Waals surface area contributed by atoms with Crippen molar-refractivity contribution in [3.8, 4) is 0 Å². The molecule has 108 valence electrons. The smallest absolute Gasteiger partial charge is 0.111 e. The Morgan fingerprint density at radius 2 is 1.44 bits per heavy atom. The minimum absolute atomic E-state index is 0.360. The van der Waals surface area contributed by atoms with Crippen LogP contribution in [0, 0.1) is 0 Å². The first kappa shape index (κ1) is 16.2. The average Bonchev–Trinajstić information content (AvgIpc) is 2.38. The molecule has 5 nitrogen and oxygen atoms in total. The Bertz CT molecular complexity index is 227. The van der Waals surface area contributed by atoms with E-state index in [1.807, 2.05) is 0 Å². The fourth-order valence-corrected chi connectivity index (χ4v) is 2.45. The predicted molar refractivity (Wildman–Crippen MR) is 70.7 cm³/mol. The molecule has 0 radical (unpaired) electrons. The lowest BCUT2D eigenvalue weighted by atomic mass is 9.92. The molecule has 0 aromatic heterocycles. The molecule has 5 atom stereocenters. The molecule has 5 unspecified atom stereocenters. The quantitative estimate of drug-likeness (QED) is 0.327. The van der Waals surface area contributed by atoms with Crippen molar-refractivity contribution in [3.63, 3.8) is 0 Å². The Labute approximate surface area is 113 Å². The SMILES string of the molecule is OCC1OC(CCCCCCS)C(O)C(O)C1O. The van der Waals surface area contributed by atoms with Gasteiger partial charge in [-0.15, -0.1) is 0 Å². The topological polar surface area (TPSA) is 90.2 Å². The zero-order chi connectivity index (χ0) is 13.5. The summed E-state index contributed by atoms with van der Waals surface area (Å²) >= 11 is 4.13. The average molecular weight is 280 g/mol. The molecule has 6 heteroatoms. The zero-order valence-corrected chi connectivity index (χ0v) is 11.4. The summed E-state index contributed by atoms with van der Waals surface area (Å²) in [4.78, 5) is 0. The highest BCUT2D eigenvalue weighted by atomic mass is 32.1. The minimum Gasteiger partial charge on any atom is -0.394 e. The van der Waals surface area contributed by atoms with Gasteiger partial charge in [-0.25, -0.2) is 0 Å². The first-order chi connectivity index (χ1) is 8.61. The molecule has 0 bridgehead atoms. The molecular formula is C12H24O5S. The van der Waals surface area contributed by atoms with Gasteiger partial charge in [-0.1, -0.05) is 19.3 Å². The molecule has 0 aromatic carbocycles. The minimum atomic E-state index is -1.25. The van der Waals surface area contributed by atoms with Crippen molar-refractivity contribution in [2.24, 2.45) is 0 Å². The Hall–Kier alpha value is 0.150. The van der Waals surface area contributed by atoms with Gasteiger partial charge in [0.25, 0.3) is 0 Å². The van der Waals surface area contributed by atoms with E-state index in [4.69, 9.17) is 9.84 Å². The zero-order valence-electron chi connectivity index (χ0n) is 10.5. The van der Waals surface area contributed by atoms with Crippen LogP contribution >= 0.6 is 12.6 Å². The van der Waals surface area contributed by atoms with E-state index < -0.39 is 30.5 Å². The molecule has 18 heavy (non-hydrogen) atoms. The second-order valence-electron chi connectivity index (χ2n) is 4.79. The van der Waals surface area contributed by atoms with Gasteiger partial charge in [-0.3, -0.25) is 0 Å². The number of aliphatic hydroxyl groups excluding tert-OH is 4. The third-order valence-electron chi connectivity index (χ3n) is 3.39. The molecule has 0 amide bonds. The van der Waals surface area contributed by atoms with Crippen molar-refractivity contribution < 1.29 is 25.2 Å². The summed E-state index contributed by atoms with van der Waals surface area (Å²) in [7, 11) is 0. The second kappa shape index (κ2) is 8.35. The van der Waals surface area contributed by atoms with E-state index in [-0.39, 0.29) is 6.61 Å². The van der Waals surface area contributed by atoms with E-state index in [2.05, 4.69) is 12.6 Å². The standard InChI is InChI=1S/C12H24O5S/c13-7-9-11(15)12(16)10(14)8(17-9)5-3-1-2-4-6-18/h8-16,18H,1-7H2. The number of ether oxygens (including phenoxy) is 1. The Morgan fingerprint density at radius 1 is 0.833 bits per heavy atom. The Balaban J connectivity index is 2.35. The maximum atomic E-state index is 9.80. The van der Waals surface area contributed by atoms with Gasteiger partial charge >= 0.3 is 0 Å². The number of hydrogen-bond acceptors (Lipinski definition) is 6. The summed E-state index contributed by atoms with van der Waals surface area (Å²) in [6, 6.07) is 0. The molecule has 0 saturated carbocycles. The second-order valence-corrected chi connectivity index (χ2v) is 5.24. The lowest BCUT2D eigenvalue weighted by Gasteiger charge is -2.40. The van der Waals surface area contributed by atoms with Crippen LogP contribution in [0.15, 0.2) is 0 Å². The van der Waals surface area contributed by atoms with Crippen molar-refractivity contribution in [1.29, 1.82) is 0 Å². The van der Waals surface area contributed by atoms with Crippen LogP contribution in [0.1, 0.15) is 32.1 Å². The summed E-state index contributed by atoms with van der Waals surface area (Å²) in [5.41, 5.74) is 0. The highest BCUT2D eigenvalue weighted by Gasteiger charge is 2.42. The summed E-state index contributed by atoms with van der Waals surface area (Å²) in [5, 5.41) is 38.1. The number of hydrogen-bond donors (Lipinski definition) is 5. The molecule has 1 saturated heterocycles. The highest BCUT2D eigenvalue weighted by molar-refractivity contribution is 7.80. The van der Waals surface area contributed by atoms with Crippen molar-refractivity contribution in [2.45, 2.75) is 62.6 Å². The fourth-order valence-electron chi connectivity index (χ4n) is 2.23. The third-order valence-corrected chi connectivity index (χ3v) is 3.70. The lowest BCUT2D eigenvalue weighted by molar-refractivity contribution is -0.230. The summed E-state index contributed by atoms with van der Waals surface area (Å²) in [6.07, 6.45) is -0.224. The fraction of sp³-hybridized carbons (Fsp3) is 1.00. The van der Waals surface area contributed by atoms with Crippen molar-refractivity contribution in [2.75, 3.05) is 12.4 Å². The third kappa shape index (κ3) is 4.36. The van der Waals surface area contributed by atoms with E-state index in [0.29, 0.717) is 6.42 Å². The molecule has 4 N–H and O–H groups in total. The molecule has 0 aromatic rings. The van der Waals surface area contributed by atoms with E-state index in [0.717, 1.165) is 31.4 Å². The van der Waals surface area contributed by atoms with Crippen LogP contribution in [0.4, 0.5) is 0 Å². The van der Waals surface area contributed by atoms with Gasteiger partial charge in [0.05, 0.1) is 12.7 Å². The van der Waals surface area contributed by atoms with Gasteiger partial charge in [0.2, 0.25) is 0 Å². The number of aliphatic hydroxyl groups is 4. The molecule has 1 aliphatic heterocycles. The molecule has 1 aliphatic rings. The van der Waals surface area contributed by atoms with E-state index in [1.165, 1.54) is 0 Å². The molecule has 0 spiro atoms. The number of unbranched alkanes of at least 4 members (excludes halogenated alkanes) is 3. The van der Waals surface area contributed by atoms with Crippen molar-refractivity contribution in [1.82, 2.24) is 0 Å². The molecule has 0 aliphatic carbocycles. The van der Waals surface area contributed by atoms with Crippen LogP contribution in [0.5, 0.6) is 0 Å². The largest absolute Gasteiger partial charge is 0.394 e. The summed E-state index contributed by atoms with van der Waals surface area (Å²) in [6.45, 7) is -0.360. The van der Waals surface area contributed by atoms with Crippen LogP contribution in [-0.2, 0) is 4.74 Å². The van der Waals surface area contributed by atoms with Gasteiger partial charge in [0.15, 0.2) is 0 Å². The molecule has 1 fully saturated rings. The van der Waals surface area contributed by atoms with E-state index >= 15 is 0 Å². The van der Waals surface area contributed by atoms with Crippen LogP contribution < -0.4 is 0 Å². The van der Waals surface area contributed by atoms with Gasteiger partial charge in [0, 0.05) is 0 Å². The van der Waals surface area contributed by atoms with Crippen LogP contribution in [0.3, 0.4) is 0 Å². The van der Waals surface area contributed by atoms with E-state index in [1.54, 1.807) is 0 Å². The highest BCUT2D eigenvalue weighted by Crippen LogP contribution is 2.24. The van der Waals surface area contributed by atoms with Gasteiger partial charge in [-0.05, 0) is 18.6 Å². The van der Waals surface area contributed by atoms with Gasteiger partial charge in [0.1, 0.15) is 24.4 Å². The van der Waals surface area contributed by atoms with Crippen molar-refractivity contribution >= 4 is 12.6 Å². The monoisotopic (exact) mass is 280 g/mol. The molecule has 1 heterocycles. The lowest BCUT2D eigenvalue weighted by Crippen LogP contribution is -2.58. The van der Waals surface area contributed by atoms with Gasteiger partial charge in [-0.2, -0.15) is 12.6 Å². The van der Waals surface area contributed by atoms with Crippen molar-refractivity contribution in [3.05, 3.63) is 0 Å². The Kier molecular flexibility index (Phi) is 7.51. The Morgan fingerprint density at radius 3 is 2.06 bits per heavy atom. The summed E-state index contributed by atoms with van der Waals surface area (Å²) < 4.78 is 5.41. The molecule has 1 rings (SSSR count). The number of thiol groups is 1. The number of rotatable bonds is 7. The first-order valence-corrected chi connectivity index (χ1v) is 7.16. The van der Waals surface area contributed by atoms with Gasteiger partial charge < -0.3 is 25.2 Å². The van der Waals surface area contributed by atoms with Crippen LogP contribution in [0.2, 0.25) is 0 Å².